The van der Waals surface area contributed by atoms with Crippen LogP contribution >= 0.6 is 0 Å². The van der Waals surface area contributed by atoms with Gasteiger partial charge in [-0.05, 0) is 54.7 Å². The summed E-state index contributed by atoms with van der Waals surface area (Å²) in [5.41, 5.74) is 9.66. The first-order chi connectivity index (χ1) is 22.0. The SMILES string of the molecule is CC(C)C[C@H](NC(=O)COCCO)C(=O)N[C@H](C(=O)Nc1ccc2c(c1)Oc1cc(N)ccc1C21OCc2ccccc21)[C@@H](C)O. The Kier molecular flexibility index (Phi) is 9.92. The van der Waals surface area contributed by atoms with Crippen LogP contribution in [0.15, 0.2) is 60.7 Å². The number of fused-ring (bicyclic) bond motifs is 6. The molecule has 5 rings (SSSR count). The van der Waals surface area contributed by atoms with Gasteiger partial charge in [-0.25, -0.2) is 0 Å². The summed E-state index contributed by atoms with van der Waals surface area (Å²) in [6, 6.07) is 16.3. The van der Waals surface area contributed by atoms with Crippen molar-refractivity contribution < 1.29 is 38.8 Å². The molecular weight excluding hydrogens is 592 g/mol. The molecular formula is C34H40N4O8. The lowest BCUT2D eigenvalue weighted by molar-refractivity contribution is -0.134. The number of ether oxygens (including phenoxy) is 3. The summed E-state index contributed by atoms with van der Waals surface area (Å²) >= 11 is 0. The van der Waals surface area contributed by atoms with Crippen LogP contribution in [-0.2, 0) is 36.1 Å². The van der Waals surface area contributed by atoms with E-state index >= 15 is 0 Å². The van der Waals surface area contributed by atoms with Crippen LogP contribution in [0.4, 0.5) is 11.4 Å². The fourth-order valence-corrected chi connectivity index (χ4v) is 5.90. The summed E-state index contributed by atoms with van der Waals surface area (Å²) in [7, 11) is 0. The normalized spacial score (nSPS) is 18.0. The van der Waals surface area contributed by atoms with Crippen LogP contribution in [0.25, 0.3) is 0 Å². The zero-order chi connectivity index (χ0) is 33.0. The molecule has 0 bridgehead atoms. The molecule has 2 aliphatic heterocycles. The molecule has 0 fully saturated rings. The smallest absolute Gasteiger partial charge is 0.249 e. The Bertz CT molecular complexity index is 1610. The minimum absolute atomic E-state index is 0.0195. The molecule has 0 saturated carbocycles. The lowest BCUT2D eigenvalue weighted by Crippen LogP contribution is -2.56. The second kappa shape index (κ2) is 13.9. The van der Waals surface area contributed by atoms with Crippen molar-refractivity contribution in [3.8, 4) is 11.5 Å². The molecule has 2 heterocycles. The number of nitrogen functional groups attached to an aromatic ring is 1. The van der Waals surface area contributed by atoms with Gasteiger partial charge in [-0.15, -0.1) is 0 Å². The van der Waals surface area contributed by atoms with E-state index in [1.54, 1.807) is 24.3 Å². The van der Waals surface area contributed by atoms with E-state index in [1.165, 1.54) is 6.92 Å². The van der Waals surface area contributed by atoms with Crippen molar-refractivity contribution in [1.29, 1.82) is 0 Å². The van der Waals surface area contributed by atoms with Gasteiger partial charge in [0.05, 0.1) is 25.9 Å². The molecule has 12 nitrogen and oxygen atoms in total. The van der Waals surface area contributed by atoms with Crippen LogP contribution < -0.4 is 26.4 Å². The standard InChI is InChI=1S/C34H40N4O8/c1-19(2)14-27(37-30(41)18-44-13-12-39)32(42)38-31(20(3)40)33(43)36-23-9-11-26-29(16-23)46-28-15-22(35)8-10-25(28)34(26)24-7-5-4-6-21(24)17-45-34/h4-11,15-16,19-20,27,31,39-40H,12-14,17-18,35H2,1-3H3,(H,36,43)(H,37,41)(H,38,42)/t20-,27+,31+,34?/m1/s1. The van der Waals surface area contributed by atoms with Crippen LogP contribution in [0.2, 0.25) is 0 Å². The number of nitrogens with one attached hydrogen (secondary N) is 3. The molecule has 3 aromatic carbocycles. The Morgan fingerprint density at radius 3 is 2.39 bits per heavy atom. The maximum Gasteiger partial charge on any atom is 0.249 e. The van der Waals surface area contributed by atoms with Gasteiger partial charge in [0.2, 0.25) is 17.7 Å². The Morgan fingerprint density at radius 2 is 1.67 bits per heavy atom. The van der Waals surface area contributed by atoms with Crippen LogP contribution in [0, 0.1) is 5.92 Å². The van der Waals surface area contributed by atoms with E-state index in [4.69, 9.17) is 25.1 Å². The minimum atomic E-state index is -1.33. The number of hydrogen-bond acceptors (Lipinski definition) is 9. The quantitative estimate of drug-likeness (QED) is 0.129. The summed E-state index contributed by atoms with van der Waals surface area (Å²) in [5, 5.41) is 27.3. The van der Waals surface area contributed by atoms with E-state index in [-0.39, 0.29) is 32.2 Å². The van der Waals surface area contributed by atoms with Crippen molar-refractivity contribution in [2.24, 2.45) is 5.92 Å². The molecule has 2 aliphatic rings. The first-order valence-electron chi connectivity index (χ1n) is 15.3. The summed E-state index contributed by atoms with van der Waals surface area (Å²) in [5.74, 6) is -0.830. The highest BCUT2D eigenvalue weighted by Gasteiger charge is 2.49. The Labute approximate surface area is 267 Å². The highest BCUT2D eigenvalue weighted by molar-refractivity contribution is 5.99. The lowest BCUT2D eigenvalue weighted by atomic mass is 9.77. The van der Waals surface area contributed by atoms with Gasteiger partial charge in [0.25, 0.3) is 0 Å². The summed E-state index contributed by atoms with van der Waals surface area (Å²) in [6.45, 7) is 4.97. The third kappa shape index (κ3) is 6.70. The largest absolute Gasteiger partial charge is 0.456 e. The molecule has 0 saturated heterocycles. The molecule has 7 N–H and O–H groups in total. The topological polar surface area (TPSA) is 181 Å². The Balaban J connectivity index is 1.37. The van der Waals surface area contributed by atoms with E-state index in [1.807, 2.05) is 50.2 Å². The number of nitrogens with two attached hydrogens (primary N) is 1. The molecule has 3 aromatic rings. The minimum Gasteiger partial charge on any atom is -0.456 e. The predicted molar refractivity (Wildman–Crippen MR) is 170 cm³/mol. The highest BCUT2D eigenvalue weighted by atomic mass is 16.5. The van der Waals surface area contributed by atoms with Crippen LogP contribution in [0.1, 0.15) is 49.4 Å². The average molecular weight is 633 g/mol. The third-order valence-electron chi connectivity index (χ3n) is 7.96. The first-order valence-corrected chi connectivity index (χ1v) is 15.3. The maximum absolute atomic E-state index is 13.5. The zero-order valence-electron chi connectivity index (χ0n) is 26.0. The number of amides is 3. The van der Waals surface area contributed by atoms with Crippen molar-refractivity contribution in [3.05, 3.63) is 82.9 Å². The number of hydrogen-bond donors (Lipinski definition) is 6. The summed E-state index contributed by atoms with van der Waals surface area (Å²) in [4.78, 5) is 39.0. The Hall–Kier alpha value is -4.49. The fourth-order valence-electron chi connectivity index (χ4n) is 5.90. The average Bonchev–Trinajstić information content (AvgIpc) is 3.38. The first kappa shape index (κ1) is 32.9. The monoisotopic (exact) mass is 632 g/mol. The molecule has 0 aromatic heterocycles. The number of anilines is 2. The Morgan fingerprint density at radius 1 is 0.957 bits per heavy atom. The van der Waals surface area contributed by atoms with Gasteiger partial charge in [-0.2, -0.15) is 0 Å². The van der Waals surface area contributed by atoms with Gasteiger partial charge < -0.3 is 46.1 Å². The van der Waals surface area contributed by atoms with Gasteiger partial charge in [-0.3, -0.25) is 14.4 Å². The molecule has 244 valence electrons. The number of carbonyl (C=O) groups excluding carboxylic acids is 3. The van der Waals surface area contributed by atoms with Crippen LogP contribution in [0.5, 0.6) is 11.5 Å². The molecule has 12 heteroatoms. The fraction of sp³-hybridized carbons (Fsp3) is 0.382. The van der Waals surface area contributed by atoms with Gasteiger partial charge in [0, 0.05) is 34.6 Å². The molecule has 1 unspecified atom stereocenters. The number of benzene rings is 3. The third-order valence-corrected chi connectivity index (χ3v) is 7.96. The van der Waals surface area contributed by atoms with Crippen molar-refractivity contribution in [2.75, 3.05) is 30.9 Å². The van der Waals surface area contributed by atoms with Gasteiger partial charge in [-0.1, -0.05) is 38.1 Å². The molecule has 0 radical (unpaired) electrons. The maximum atomic E-state index is 13.5. The predicted octanol–water partition coefficient (Wildman–Crippen LogP) is 2.54. The van der Waals surface area contributed by atoms with E-state index in [2.05, 4.69) is 16.0 Å². The van der Waals surface area contributed by atoms with Crippen LogP contribution in [0.3, 0.4) is 0 Å². The molecule has 46 heavy (non-hydrogen) atoms. The van der Waals surface area contributed by atoms with Crippen molar-refractivity contribution in [3.63, 3.8) is 0 Å². The lowest BCUT2D eigenvalue weighted by Gasteiger charge is -2.37. The van der Waals surface area contributed by atoms with E-state index in [0.29, 0.717) is 29.5 Å². The van der Waals surface area contributed by atoms with E-state index in [9.17, 15) is 19.5 Å². The number of rotatable bonds is 12. The van der Waals surface area contributed by atoms with Crippen molar-refractivity contribution >= 4 is 29.1 Å². The zero-order valence-corrected chi connectivity index (χ0v) is 26.0. The van der Waals surface area contributed by atoms with Crippen LogP contribution in [-0.4, -0.2) is 65.9 Å². The summed E-state index contributed by atoms with van der Waals surface area (Å²) < 4.78 is 17.9. The number of carbonyl (C=O) groups is 3. The second-order valence-electron chi connectivity index (χ2n) is 11.9. The van der Waals surface area contributed by atoms with E-state index in [0.717, 1.165) is 22.3 Å². The van der Waals surface area contributed by atoms with Gasteiger partial charge in [0.1, 0.15) is 30.2 Å². The summed E-state index contributed by atoms with van der Waals surface area (Å²) in [6.07, 6.45) is -0.977. The number of aliphatic hydroxyl groups excluding tert-OH is 2. The molecule has 1 spiro atoms. The highest BCUT2D eigenvalue weighted by Crippen LogP contribution is 2.56. The van der Waals surface area contributed by atoms with Crippen molar-refractivity contribution in [1.82, 2.24) is 10.6 Å². The second-order valence-corrected chi connectivity index (χ2v) is 11.9. The molecule has 4 atom stereocenters. The van der Waals surface area contributed by atoms with Crippen molar-refractivity contribution in [2.45, 2.75) is 57.6 Å². The van der Waals surface area contributed by atoms with E-state index < -0.39 is 41.5 Å². The van der Waals surface area contributed by atoms with Gasteiger partial charge in [0.15, 0.2) is 5.60 Å². The van der Waals surface area contributed by atoms with Gasteiger partial charge >= 0.3 is 0 Å². The molecule has 0 aliphatic carbocycles. The number of aliphatic hydroxyl groups is 2. The molecule has 3 amide bonds.